The monoisotopic (exact) mass is 548 g/mol. The molecule has 0 aliphatic heterocycles. The molecule has 0 spiro atoms. The second-order valence-electron chi connectivity index (χ2n) is 9.33. The Hall–Kier alpha value is -2.50. The number of hydrogen-bond donors (Lipinski definition) is 6. The zero-order valence-electron chi connectivity index (χ0n) is 22.7. The number of aliphatic hydroxyl groups is 3. The van der Waals surface area contributed by atoms with Gasteiger partial charge in [-0.25, -0.2) is 4.79 Å². The highest BCUT2D eigenvalue weighted by molar-refractivity contribution is 5.88. The molecule has 0 heterocycles. The summed E-state index contributed by atoms with van der Waals surface area (Å²) in [6.45, 7) is 1.01. The summed E-state index contributed by atoms with van der Waals surface area (Å²) in [5.74, 6) is -5.33. The first-order valence-corrected chi connectivity index (χ1v) is 13.5. The molecule has 11 nitrogen and oxygen atoms in total. The van der Waals surface area contributed by atoms with Gasteiger partial charge in [-0.15, -0.1) is 0 Å². The first-order valence-electron chi connectivity index (χ1n) is 13.5. The van der Waals surface area contributed by atoms with Crippen LogP contribution in [0.5, 0.6) is 0 Å². The zero-order chi connectivity index (χ0) is 29.2. The predicted octanol–water partition coefficient (Wildman–Crippen LogP) is 3.67. The molecular weight excluding hydrogens is 500 g/mol. The van der Waals surface area contributed by atoms with Gasteiger partial charge in [-0.3, -0.25) is 14.4 Å². The third-order valence-electron chi connectivity index (χ3n) is 5.58. The van der Waals surface area contributed by atoms with Crippen LogP contribution in [0.25, 0.3) is 0 Å². The van der Waals surface area contributed by atoms with Crippen LogP contribution < -0.4 is 0 Å². The van der Waals surface area contributed by atoms with E-state index in [1.807, 2.05) is 0 Å². The Morgan fingerprint density at radius 2 is 1.26 bits per heavy atom. The smallest absolute Gasteiger partial charge is 0.336 e. The maximum Gasteiger partial charge on any atom is 0.336 e. The maximum absolute atomic E-state index is 11.1. The second-order valence-corrected chi connectivity index (χ2v) is 9.33. The largest absolute Gasteiger partial charge is 0.481 e. The highest BCUT2D eigenvalue weighted by Crippen LogP contribution is 2.17. The van der Waals surface area contributed by atoms with Gasteiger partial charge in [0.2, 0.25) is 0 Å². The van der Waals surface area contributed by atoms with Gasteiger partial charge in [-0.2, -0.15) is 0 Å². The number of ether oxygens (including phenoxy) is 1. The Balaban J connectivity index is 0. The standard InChI is InChI=1S/C18H34O2.C9H14O9/c1-2-3-4-5-6-7-8-9-10-11-12-13-14-15-16-17-18(19)20;10-3-5(11)4-18-7(14)2-9(17,8(15)16)1-6(12)13/h9-10H,2-8,11-17H2,1H3,(H,19,20);5,10-11,17H,1-4H2,(H,12,13)(H,15,16). The summed E-state index contributed by atoms with van der Waals surface area (Å²) in [5, 5.41) is 52.3. The average Bonchev–Trinajstić information content (AvgIpc) is 2.84. The lowest BCUT2D eigenvalue weighted by molar-refractivity contribution is -0.172. The third-order valence-corrected chi connectivity index (χ3v) is 5.58. The van der Waals surface area contributed by atoms with E-state index in [1.165, 1.54) is 70.6 Å². The van der Waals surface area contributed by atoms with Crippen LogP contribution in [-0.2, 0) is 23.9 Å². The van der Waals surface area contributed by atoms with E-state index in [9.17, 15) is 24.3 Å². The molecule has 38 heavy (non-hydrogen) atoms. The molecule has 6 N–H and O–H groups in total. The van der Waals surface area contributed by atoms with E-state index in [0.717, 1.165) is 12.8 Å². The summed E-state index contributed by atoms with van der Waals surface area (Å²) in [7, 11) is 0. The van der Waals surface area contributed by atoms with Crippen LogP contribution in [0.4, 0.5) is 0 Å². The normalized spacial score (nSPS) is 13.3. The fourth-order valence-electron chi connectivity index (χ4n) is 3.34. The lowest BCUT2D eigenvalue weighted by Gasteiger charge is -2.20. The van der Waals surface area contributed by atoms with Crippen molar-refractivity contribution in [1.82, 2.24) is 0 Å². The minimum atomic E-state index is -2.77. The quantitative estimate of drug-likeness (QED) is 0.0618. The molecule has 0 aliphatic rings. The van der Waals surface area contributed by atoms with Gasteiger partial charge in [0, 0.05) is 6.42 Å². The van der Waals surface area contributed by atoms with Crippen LogP contribution in [0, 0.1) is 0 Å². The molecule has 0 amide bonds. The predicted molar refractivity (Wildman–Crippen MR) is 141 cm³/mol. The lowest BCUT2D eigenvalue weighted by atomic mass is 9.96. The minimum absolute atomic E-state index is 0.332. The van der Waals surface area contributed by atoms with E-state index >= 15 is 0 Å². The van der Waals surface area contributed by atoms with E-state index in [4.69, 9.17) is 25.5 Å². The number of unbranched alkanes of at least 4 members (excludes halogenated alkanes) is 11. The first-order chi connectivity index (χ1) is 18.0. The van der Waals surface area contributed by atoms with E-state index in [-0.39, 0.29) is 0 Å². The Bertz CT molecular complexity index is 678. The molecule has 0 rings (SSSR count). The molecule has 11 heteroatoms. The molecule has 0 radical (unpaired) electrons. The molecule has 0 aromatic rings. The molecule has 0 saturated carbocycles. The number of esters is 1. The van der Waals surface area contributed by atoms with Crippen LogP contribution in [0.3, 0.4) is 0 Å². The van der Waals surface area contributed by atoms with Crippen molar-refractivity contribution in [2.24, 2.45) is 0 Å². The van der Waals surface area contributed by atoms with Crippen LogP contribution in [0.1, 0.15) is 110 Å². The molecule has 0 saturated heterocycles. The fourth-order valence-corrected chi connectivity index (χ4v) is 3.34. The van der Waals surface area contributed by atoms with E-state index < -0.39 is 61.6 Å². The van der Waals surface area contributed by atoms with Crippen molar-refractivity contribution in [3.05, 3.63) is 12.2 Å². The Morgan fingerprint density at radius 1 is 0.763 bits per heavy atom. The molecule has 0 fully saturated rings. The number of rotatable bonds is 23. The molecule has 2 atom stereocenters. The zero-order valence-corrected chi connectivity index (χ0v) is 22.7. The summed E-state index contributed by atoms with van der Waals surface area (Å²) < 4.78 is 4.36. The van der Waals surface area contributed by atoms with Crippen molar-refractivity contribution in [3.63, 3.8) is 0 Å². The summed E-state index contributed by atoms with van der Waals surface area (Å²) in [5.41, 5.74) is -2.77. The minimum Gasteiger partial charge on any atom is -0.481 e. The molecular formula is C27H48O11. The number of carboxylic acids is 3. The van der Waals surface area contributed by atoms with Gasteiger partial charge in [0.05, 0.1) is 19.4 Å². The topological polar surface area (TPSA) is 199 Å². The summed E-state index contributed by atoms with van der Waals surface area (Å²) in [6, 6.07) is 0. The SMILES string of the molecule is CCCCCCCCC=CCCCCCCCC(=O)O.O=C(O)CC(O)(CC(=O)OCC(O)CO)C(=O)O. The number of aliphatic hydroxyl groups excluding tert-OH is 2. The number of hydrogen-bond acceptors (Lipinski definition) is 8. The van der Waals surface area contributed by atoms with E-state index in [1.54, 1.807) is 0 Å². The van der Waals surface area contributed by atoms with Crippen molar-refractivity contribution in [1.29, 1.82) is 0 Å². The fraction of sp³-hybridized carbons (Fsp3) is 0.778. The summed E-state index contributed by atoms with van der Waals surface area (Å²) in [4.78, 5) is 42.5. The van der Waals surface area contributed by atoms with Gasteiger partial charge in [-0.1, -0.05) is 70.4 Å². The van der Waals surface area contributed by atoms with Gasteiger partial charge in [0.25, 0.3) is 0 Å². The van der Waals surface area contributed by atoms with Crippen LogP contribution in [-0.4, -0.2) is 79.4 Å². The van der Waals surface area contributed by atoms with Gasteiger partial charge in [0.1, 0.15) is 12.7 Å². The first kappa shape index (κ1) is 37.7. The number of aliphatic carboxylic acids is 3. The number of allylic oxidation sites excluding steroid dienone is 2. The number of carbonyl (C=O) groups excluding carboxylic acids is 1. The van der Waals surface area contributed by atoms with Crippen LogP contribution in [0.15, 0.2) is 12.2 Å². The van der Waals surface area contributed by atoms with Crippen molar-refractivity contribution in [2.75, 3.05) is 13.2 Å². The van der Waals surface area contributed by atoms with Gasteiger partial charge in [0.15, 0.2) is 5.60 Å². The molecule has 0 aromatic carbocycles. The molecule has 0 bridgehead atoms. The molecule has 0 aliphatic carbocycles. The van der Waals surface area contributed by atoms with Crippen LogP contribution >= 0.6 is 0 Å². The molecule has 0 aromatic heterocycles. The van der Waals surface area contributed by atoms with Gasteiger partial charge in [-0.05, 0) is 32.1 Å². The Morgan fingerprint density at radius 3 is 1.71 bits per heavy atom. The van der Waals surface area contributed by atoms with Crippen LogP contribution in [0.2, 0.25) is 0 Å². The van der Waals surface area contributed by atoms with Crippen molar-refractivity contribution in [2.45, 2.75) is 121 Å². The third kappa shape index (κ3) is 25.2. The summed E-state index contributed by atoms with van der Waals surface area (Å²) in [6.07, 6.45) is 17.7. The highest BCUT2D eigenvalue weighted by atomic mass is 16.5. The maximum atomic E-state index is 11.1. The molecule has 2 unspecified atom stereocenters. The van der Waals surface area contributed by atoms with Crippen molar-refractivity contribution < 1.29 is 54.6 Å². The lowest BCUT2D eigenvalue weighted by Crippen LogP contribution is -2.43. The average molecular weight is 549 g/mol. The van der Waals surface area contributed by atoms with Crippen molar-refractivity contribution in [3.8, 4) is 0 Å². The van der Waals surface area contributed by atoms with Crippen molar-refractivity contribution >= 4 is 23.9 Å². The van der Waals surface area contributed by atoms with Gasteiger partial charge < -0.3 is 35.4 Å². The second kappa shape index (κ2) is 24.8. The Kier molecular flexibility index (Phi) is 24.6. The van der Waals surface area contributed by atoms with Gasteiger partial charge >= 0.3 is 23.9 Å². The number of carboxylic acid groups (broad SMARTS) is 3. The van der Waals surface area contributed by atoms with E-state index in [2.05, 4.69) is 23.8 Å². The van der Waals surface area contributed by atoms with E-state index in [0.29, 0.717) is 6.42 Å². The molecule has 222 valence electrons. The number of carbonyl (C=O) groups is 4. The highest BCUT2D eigenvalue weighted by Gasteiger charge is 2.41. The summed E-state index contributed by atoms with van der Waals surface area (Å²) >= 11 is 0. The Labute approximate surface area is 225 Å².